The largest absolute Gasteiger partial charge is 0.337 e. The summed E-state index contributed by atoms with van der Waals surface area (Å²) in [5.41, 5.74) is 7.12. The van der Waals surface area contributed by atoms with Gasteiger partial charge in [-0.2, -0.15) is 5.10 Å². The fraction of sp³-hybridized carbons (Fsp3) is 0.500. The normalized spacial score (nSPS) is 18.0. The van der Waals surface area contributed by atoms with Crippen molar-refractivity contribution in [3.8, 4) is 11.5 Å². The number of nitrogens with zero attached hydrogens (tertiary/aromatic N) is 3. The van der Waals surface area contributed by atoms with Gasteiger partial charge < -0.3 is 9.88 Å². The van der Waals surface area contributed by atoms with E-state index in [0.29, 0.717) is 6.54 Å². The van der Waals surface area contributed by atoms with Gasteiger partial charge in [0.25, 0.3) is 0 Å². The molecule has 0 fully saturated rings. The van der Waals surface area contributed by atoms with Gasteiger partial charge in [-0.15, -0.1) is 0 Å². The van der Waals surface area contributed by atoms with Gasteiger partial charge in [-0.1, -0.05) is 13.8 Å². The van der Waals surface area contributed by atoms with Gasteiger partial charge >= 0.3 is 0 Å². The van der Waals surface area contributed by atoms with E-state index in [1.807, 2.05) is 11.8 Å². The number of carbonyl (C=O) groups is 1. The molecule has 0 spiro atoms. The quantitative estimate of drug-likeness (QED) is 0.713. The molecular weight excluding hydrogens is 350 g/mol. The number of aromatic nitrogens is 4. The number of anilines is 1. The fourth-order valence-corrected chi connectivity index (χ4v) is 5.17. The molecule has 3 heterocycles. The number of hydrogen-bond donors (Lipinski definition) is 2. The van der Waals surface area contributed by atoms with Crippen molar-refractivity contribution in [3.63, 3.8) is 0 Å². The minimum atomic E-state index is -0.426. The zero-order chi connectivity index (χ0) is 19.5. The highest BCUT2D eigenvalue weighted by Gasteiger charge is 2.48. The molecule has 146 valence electrons. The van der Waals surface area contributed by atoms with Gasteiger partial charge in [0.1, 0.15) is 5.69 Å². The summed E-state index contributed by atoms with van der Waals surface area (Å²) in [7, 11) is 0. The van der Waals surface area contributed by atoms with Gasteiger partial charge in [-0.3, -0.25) is 9.89 Å². The molecule has 0 saturated heterocycles. The van der Waals surface area contributed by atoms with E-state index < -0.39 is 5.41 Å². The predicted molar refractivity (Wildman–Crippen MR) is 111 cm³/mol. The summed E-state index contributed by atoms with van der Waals surface area (Å²) in [5, 5.41) is 7.77. The Hall–Kier alpha value is -2.63. The lowest BCUT2D eigenvalue weighted by molar-refractivity contribution is -0.123. The van der Waals surface area contributed by atoms with Crippen LogP contribution in [0.1, 0.15) is 63.3 Å². The standard InChI is InChI=1S/C22H27N5O/c1-4-22(5-2)14-11-16-17(12-18(14)27(6-3)21(22)28)24-20(23-16)19-13-9-7-8-10-15(13)25-26-19/h11-12H,4-10H2,1-3H3,(H,23,24)(H,25,26). The minimum Gasteiger partial charge on any atom is -0.337 e. The number of likely N-dealkylation sites (N-methyl/N-ethyl adjacent to an activating group) is 1. The monoisotopic (exact) mass is 377 g/mol. The van der Waals surface area contributed by atoms with Crippen LogP contribution in [0, 0.1) is 0 Å². The molecule has 0 radical (unpaired) electrons. The Labute approximate surface area is 164 Å². The first-order valence-corrected chi connectivity index (χ1v) is 10.6. The Morgan fingerprint density at radius 1 is 1.14 bits per heavy atom. The van der Waals surface area contributed by atoms with E-state index in [-0.39, 0.29) is 5.91 Å². The Bertz CT molecular complexity index is 1070. The molecule has 0 unspecified atom stereocenters. The number of imidazole rings is 1. The molecule has 1 aliphatic heterocycles. The number of carbonyl (C=O) groups excluding carboxylic acids is 1. The van der Waals surface area contributed by atoms with Gasteiger partial charge in [0.2, 0.25) is 5.91 Å². The molecule has 3 aromatic rings. The first-order chi connectivity index (χ1) is 13.6. The fourth-order valence-electron chi connectivity index (χ4n) is 5.17. The average molecular weight is 377 g/mol. The van der Waals surface area contributed by atoms with E-state index in [4.69, 9.17) is 4.98 Å². The van der Waals surface area contributed by atoms with E-state index in [1.165, 1.54) is 24.1 Å². The summed E-state index contributed by atoms with van der Waals surface area (Å²) in [4.78, 5) is 23.5. The Morgan fingerprint density at radius 3 is 2.68 bits per heavy atom. The molecule has 5 rings (SSSR count). The third-order valence-electron chi connectivity index (χ3n) is 6.86. The Morgan fingerprint density at radius 2 is 1.93 bits per heavy atom. The molecule has 0 bridgehead atoms. The molecular formula is C22H27N5O. The Kier molecular flexibility index (Phi) is 3.86. The highest BCUT2D eigenvalue weighted by molar-refractivity contribution is 6.10. The average Bonchev–Trinajstić information content (AvgIpc) is 3.38. The first-order valence-electron chi connectivity index (χ1n) is 10.6. The SMILES string of the molecule is CCN1C(=O)C(CC)(CC)c2cc3nc(-c4n[nH]c5c4CCCC5)[nH]c3cc21. The van der Waals surface area contributed by atoms with Crippen LogP contribution >= 0.6 is 0 Å². The van der Waals surface area contributed by atoms with Crippen molar-refractivity contribution in [3.05, 3.63) is 29.0 Å². The van der Waals surface area contributed by atoms with Crippen molar-refractivity contribution >= 4 is 22.6 Å². The summed E-state index contributed by atoms with van der Waals surface area (Å²) in [6.07, 6.45) is 6.17. The first kappa shape index (κ1) is 17.5. The molecule has 2 aromatic heterocycles. The van der Waals surface area contributed by atoms with Crippen LogP contribution in [0.25, 0.3) is 22.6 Å². The number of hydrogen-bond acceptors (Lipinski definition) is 3. The molecule has 0 saturated carbocycles. The molecule has 1 aliphatic carbocycles. The van der Waals surface area contributed by atoms with Crippen molar-refractivity contribution < 1.29 is 4.79 Å². The number of fused-ring (bicyclic) bond motifs is 3. The smallest absolute Gasteiger partial charge is 0.237 e. The van der Waals surface area contributed by atoms with Crippen LogP contribution in [0.15, 0.2) is 12.1 Å². The van der Waals surface area contributed by atoms with Crippen LogP contribution in [-0.4, -0.2) is 32.6 Å². The number of benzene rings is 1. The predicted octanol–water partition coefficient (Wildman–Crippen LogP) is 4.26. The second-order valence-corrected chi connectivity index (χ2v) is 8.05. The number of rotatable bonds is 4. The van der Waals surface area contributed by atoms with Crippen molar-refractivity contribution in [1.82, 2.24) is 20.2 Å². The van der Waals surface area contributed by atoms with E-state index in [2.05, 4.69) is 41.2 Å². The van der Waals surface area contributed by atoms with Crippen LogP contribution in [0.3, 0.4) is 0 Å². The molecule has 1 amide bonds. The Balaban J connectivity index is 1.67. The second-order valence-electron chi connectivity index (χ2n) is 8.05. The maximum absolute atomic E-state index is 13.2. The number of nitrogens with one attached hydrogen (secondary N) is 2. The topological polar surface area (TPSA) is 77.7 Å². The maximum Gasteiger partial charge on any atom is 0.237 e. The van der Waals surface area contributed by atoms with Crippen LogP contribution < -0.4 is 4.90 Å². The summed E-state index contributed by atoms with van der Waals surface area (Å²) < 4.78 is 0. The highest BCUT2D eigenvalue weighted by atomic mass is 16.2. The van der Waals surface area contributed by atoms with Gasteiger partial charge in [-0.25, -0.2) is 4.98 Å². The van der Waals surface area contributed by atoms with Gasteiger partial charge in [0.15, 0.2) is 5.82 Å². The van der Waals surface area contributed by atoms with Crippen LogP contribution in [0.4, 0.5) is 5.69 Å². The lowest BCUT2D eigenvalue weighted by atomic mass is 9.77. The highest BCUT2D eigenvalue weighted by Crippen LogP contribution is 2.47. The number of aryl methyl sites for hydroxylation is 1. The molecule has 0 atom stereocenters. The molecule has 6 heteroatoms. The number of amides is 1. The lowest BCUT2D eigenvalue weighted by Gasteiger charge is -2.25. The van der Waals surface area contributed by atoms with Gasteiger partial charge in [0, 0.05) is 17.8 Å². The molecule has 1 aromatic carbocycles. The van der Waals surface area contributed by atoms with Gasteiger partial charge in [0.05, 0.1) is 22.1 Å². The number of H-pyrrole nitrogens is 2. The third-order valence-corrected chi connectivity index (χ3v) is 6.86. The molecule has 28 heavy (non-hydrogen) atoms. The summed E-state index contributed by atoms with van der Waals surface area (Å²) in [6.45, 7) is 6.95. The van der Waals surface area contributed by atoms with Crippen molar-refractivity contribution in [1.29, 1.82) is 0 Å². The van der Waals surface area contributed by atoms with E-state index in [9.17, 15) is 4.79 Å². The van der Waals surface area contributed by atoms with Crippen LogP contribution in [0.5, 0.6) is 0 Å². The summed E-state index contributed by atoms with van der Waals surface area (Å²) in [6, 6.07) is 4.24. The van der Waals surface area contributed by atoms with E-state index >= 15 is 0 Å². The van der Waals surface area contributed by atoms with Crippen LogP contribution in [-0.2, 0) is 23.1 Å². The maximum atomic E-state index is 13.2. The van der Waals surface area contributed by atoms with Crippen molar-refractivity contribution in [2.45, 2.75) is 64.7 Å². The van der Waals surface area contributed by atoms with Crippen molar-refractivity contribution in [2.24, 2.45) is 0 Å². The minimum absolute atomic E-state index is 0.226. The summed E-state index contributed by atoms with van der Waals surface area (Å²) >= 11 is 0. The van der Waals surface area contributed by atoms with Crippen LogP contribution in [0.2, 0.25) is 0 Å². The second kappa shape index (κ2) is 6.19. The zero-order valence-corrected chi connectivity index (χ0v) is 16.9. The number of aromatic amines is 2. The van der Waals surface area contributed by atoms with E-state index in [0.717, 1.165) is 59.5 Å². The summed E-state index contributed by atoms with van der Waals surface area (Å²) in [5.74, 6) is 1.05. The third kappa shape index (κ3) is 2.17. The molecule has 2 aliphatic rings. The lowest BCUT2D eigenvalue weighted by Crippen LogP contribution is -2.39. The van der Waals surface area contributed by atoms with Crippen molar-refractivity contribution in [2.75, 3.05) is 11.4 Å². The molecule has 6 nitrogen and oxygen atoms in total. The van der Waals surface area contributed by atoms with Gasteiger partial charge in [-0.05, 0) is 63.1 Å². The molecule has 2 N–H and O–H groups in total. The van der Waals surface area contributed by atoms with E-state index in [1.54, 1.807) is 0 Å². The zero-order valence-electron chi connectivity index (χ0n) is 16.9.